The second-order valence-corrected chi connectivity index (χ2v) is 3.94. The molecule has 0 bridgehead atoms. The van der Waals surface area contributed by atoms with Crippen LogP contribution in [0.2, 0.25) is 5.02 Å². The van der Waals surface area contributed by atoms with Gasteiger partial charge in [-0.05, 0) is 13.0 Å². The van der Waals surface area contributed by atoms with Gasteiger partial charge in [-0.25, -0.2) is 9.78 Å². The molecule has 0 saturated carbocycles. The molecular formula is C11H11ClN4O2. The van der Waals surface area contributed by atoms with E-state index >= 15 is 0 Å². The van der Waals surface area contributed by atoms with Gasteiger partial charge < -0.3 is 10.4 Å². The Kier molecular flexibility index (Phi) is 3.47. The average molecular weight is 267 g/mol. The number of aryl methyl sites for hydroxylation is 1. The number of nitrogens with one attached hydrogen (secondary N) is 1. The van der Waals surface area contributed by atoms with Gasteiger partial charge in [-0.3, -0.25) is 4.68 Å². The number of halogens is 1. The van der Waals surface area contributed by atoms with Crippen LogP contribution in [0.1, 0.15) is 17.3 Å². The van der Waals surface area contributed by atoms with E-state index < -0.39 is 5.97 Å². The number of carboxylic acid groups (broad SMARTS) is 1. The summed E-state index contributed by atoms with van der Waals surface area (Å²) in [4.78, 5) is 14.9. The number of aromatic carboxylic acids is 1. The first-order valence-corrected chi connectivity index (χ1v) is 5.67. The third-order valence-corrected chi connectivity index (χ3v) is 2.61. The van der Waals surface area contributed by atoms with Crippen LogP contribution < -0.4 is 5.32 Å². The molecule has 2 aromatic rings. The van der Waals surface area contributed by atoms with E-state index in [1.54, 1.807) is 10.7 Å². The number of nitrogens with zero attached hydrogens (tertiary/aromatic N) is 3. The molecule has 0 aliphatic carbocycles. The number of aromatic nitrogens is 3. The number of rotatable bonds is 4. The van der Waals surface area contributed by atoms with Crippen molar-refractivity contribution in [2.75, 3.05) is 5.32 Å². The smallest absolute Gasteiger partial charge is 0.337 e. The predicted octanol–water partition coefficient (Wildman–Crippen LogP) is 2.39. The zero-order chi connectivity index (χ0) is 13.1. The van der Waals surface area contributed by atoms with Gasteiger partial charge in [0.2, 0.25) is 0 Å². The minimum Gasteiger partial charge on any atom is -0.478 e. The van der Waals surface area contributed by atoms with Crippen LogP contribution in [0.15, 0.2) is 24.5 Å². The number of hydrogen-bond acceptors (Lipinski definition) is 4. The molecule has 2 N–H and O–H groups in total. The molecule has 2 aromatic heterocycles. The van der Waals surface area contributed by atoms with Crippen molar-refractivity contribution in [2.24, 2.45) is 0 Å². The fourth-order valence-electron chi connectivity index (χ4n) is 1.41. The standard InChI is InChI=1S/C11H11ClN4O2/c1-2-16-4-3-9(15-16)14-10-5-7(11(17)18)8(12)6-13-10/h3-6H,2H2,1H3,(H,17,18)(H,13,14,15). The monoisotopic (exact) mass is 266 g/mol. The number of carbonyl (C=O) groups is 1. The van der Waals surface area contributed by atoms with Crippen molar-refractivity contribution in [1.29, 1.82) is 0 Å². The fraction of sp³-hybridized carbons (Fsp3) is 0.182. The Labute approximate surface area is 108 Å². The van der Waals surface area contributed by atoms with Crippen molar-refractivity contribution in [3.63, 3.8) is 0 Å². The van der Waals surface area contributed by atoms with Gasteiger partial charge >= 0.3 is 5.97 Å². The largest absolute Gasteiger partial charge is 0.478 e. The summed E-state index contributed by atoms with van der Waals surface area (Å²) in [5.41, 5.74) is 0.00379. The highest BCUT2D eigenvalue weighted by Gasteiger charge is 2.10. The lowest BCUT2D eigenvalue weighted by Gasteiger charge is -2.04. The lowest BCUT2D eigenvalue weighted by atomic mass is 10.2. The Bertz CT molecular complexity index is 582. The van der Waals surface area contributed by atoms with Crippen LogP contribution in [0.5, 0.6) is 0 Å². The second kappa shape index (κ2) is 5.05. The molecule has 2 rings (SSSR count). The third-order valence-electron chi connectivity index (χ3n) is 2.31. The minimum absolute atomic E-state index is 0.00379. The number of carboxylic acids is 1. The van der Waals surface area contributed by atoms with E-state index in [2.05, 4.69) is 15.4 Å². The van der Waals surface area contributed by atoms with Crippen molar-refractivity contribution in [1.82, 2.24) is 14.8 Å². The van der Waals surface area contributed by atoms with Crippen LogP contribution >= 0.6 is 11.6 Å². The van der Waals surface area contributed by atoms with E-state index in [-0.39, 0.29) is 10.6 Å². The van der Waals surface area contributed by atoms with Crippen LogP contribution in [0.3, 0.4) is 0 Å². The van der Waals surface area contributed by atoms with Gasteiger partial charge in [0.05, 0.1) is 10.6 Å². The Hall–Kier alpha value is -2.08. The molecule has 0 unspecified atom stereocenters. The minimum atomic E-state index is -1.09. The average Bonchev–Trinajstić information content (AvgIpc) is 2.79. The van der Waals surface area contributed by atoms with Crippen molar-refractivity contribution in [2.45, 2.75) is 13.5 Å². The molecule has 0 saturated heterocycles. The molecule has 0 aliphatic rings. The molecule has 0 aliphatic heterocycles. The number of pyridine rings is 1. The van der Waals surface area contributed by atoms with Gasteiger partial charge in [0.1, 0.15) is 5.82 Å². The van der Waals surface area contributed by atoms with E-state index in [4.69, 9.17) is 16.7 Å². The quantitative estimate of drug-likeness (QED) is 0.888. The van der Waals surface area contributed by atoms with Crippen molar-refractivity contribution in [3.05, 3.63) is 35.1 Å². The van der Waals surface area contributed by atoms with Crippen LogP contribution in [0, 0.1) is 0 Å². The maximum atomic E-state index is 10.9. The summed E-state index contributed by atoms with van der Waals surface area (Å²) in [5.74, 6) is -0.106. The summed E-state index contributed by atoms with van der Waals surface area (Å²) in [6.45, 7) is 2.73. The van der Waals surface area contributed by atoms with Crippen LogP contribution in [-0.2, 0) is 6.54 Å². The molecule has 0 fully saturated rings. The molecule has 7 heteroatoms. The molecule has 0 spiro atoms. The van der Waals surface area contributed by atoms with E-state index in [9.17, 15) is 4.79 Å². The first-order chi connectivity index (χ1) is 8.60. The SMILES string of the molecule is CCn1ccc(Nc2cc(C(=O)O)c(Cl)cn2)n1. The zero-order valence-corrected chi connectivity index (χ0v) is 10.3. The van der Waals surface area contributed by atoms with E-state index in [0.29, 0.717) is 11.6 Å². The number of anilines is 2. The summed E-state index contributed by atoms with van der Waals surface area (Å²) >= 11 is 5.73. The highest BCUT2D eigenvalue weighted by Crippen LogP contribution is 2.20. The molecule has 18 heavy (non-hydrogen) atoms. The first-order valence-electron chi connectivity index (χ1n) is 5.29. The van der Waals surface area contributed by atoms with Crippen molar-refractivity contribution in [3.8, 4) is 0 Å². The number of hydrogen-bond donors (Lipinski definition) is 2. The Morgan fingerprint density at radius 2 is 2.33 bits per heavy atom. The highest BCUT2D eigenvalue weighted by molar-refractivity contribution is 6.33. The molecule has 6 nitrogen and oxygen atoms in total. The topological polar surface area (TPSA) is 80.0 Å². The van der Waals surface area contributed by atoms with Gasteiger partial charge in [0, 0.05) is 25.0 Å². The van der Waals surface area contributed by atoms with Gasteiger partial charge in [0.25, 0.3) is 0 Å². The molecule has 2 heterocycles. The summed E-state index contributed by atoms with van der Waals surface area (Å²) in [6, 6.07) is 3.15. The Morgan fingerprint density at radius 1 is 1.56 bits per heavy atom. The fourth-order valence-corrected chi connectivity index (χ4v) is 1.59. The van der Waals surface area contributed by atoms with Crippen molar-refractivity contribution < 1.29 is 9.90 Å². The maximum absolute atomic E-state index is 10.9. The van der Waals surface area contributed by atoms with Gasteiger partial charge in [-0.1, -0.05) is 11.6 Å². The van der Waals surface area contributed by atoms with Gasteiger partial charge in [-0.15, -0.1) is 0 Å². The third kappa shape index (κ3) is 2.60. The summed E-state index contributed by atoms with van der Waals surface area (Å²) < 4.78 is 1.75. The molecule has 0 atom stereocenters. The summed E-state index contributed by atoms with van der Waals surface area (Å²) in [7, 11) is 0. The molecule has 94 valence electrons. The van der Waals surface area contributed by atoms with Crippen LogP contribution in [0.4, 0.5) is 11.6 Å². The summed E-state index contributed by atoms with van der Waals surface area (Å²) in [6.07, 6.45) is 3.11. The van der Waals surface area contributed by atoms with Gasteiger partial charge in [0.15, 0.2) is 5.82 Å². The van der Waals surface area contributed by atoms with E-state index in [1.807, 2.05) is 13.1 Å². The zero-order valence-electron chi connectivity index (χ0n) is 9.59. The van der Waals surface area contributed by atoms with E-state index in [0.717, 1.165) is 6.54 Å². The predicted molar refractivity (Wildman–Crippen MR) is 67.4 cm³/mol. The van der Waals surface area contributed by atoms with Crippen LogP contribution in [-0.4, -0.2) is 25.8 Å². The Morgan fingerprint density at radius 3 is 2.94 bits per heavy atom. The van der Waals surface area contributed by atoms with Crippen molar-refractivity contribution >= 4 is 29.2 Å². The lowest BCUT2D eigenvalue weighted by Crippen LogP contribution is -2.02. The molecular weight excluding hydrogens is 256 g/mol. The second-order valence-electron chi connectivity index (χ2n) is 3.54. The summed E-state index contributed by atoms with van der Waals surface area (Å²) in [5, 5.41) is 16.2. The maximum Gasteiger partial charge on any atom is 0.337 e. The first kappa shape index (κ1) is 12.4. The normalized spacial score (nSPS) is 10.3. The molecule has 0 aromatic carbocycles. The highest BCUT2D eigenvalue weighted by atomic mass is 35.5. The van der Waals surface area contributed by atoms with E-state index in [1.165, 1.54) is 12.3 Å². The van der Waals surface area contributed by atoms with Gasteiger partial charge in [-0.2, -0.15) is 5.10 Å². The molecule has 0 radical (unpaired) electrons. The Balaban J connectivity index is 2.24. The molecule has 0 amide bonds. The lowest BCUT2D eigenvalue weighted by molar-refractivity contribution is 0.0697. The van der Waals surface area contributed by atoms with Crippen LogP contribution in [0.25, 0.3) is 0 Å².